The maximum Gasteiger partial charge on any atom is 0.247 e. The predicted octanol–water partition coefficient (Wildman–Crippen LogP) is 3.61. The van der Waals surface area contributed by atoms with Gasteiger partial charge in [-0.3, -0.25) is 9.59 Å². The van der Waals surface area contributed by atoms with E-state index in [-0.39, 0.29) is 25.1 Å². The molecule has 0 saturated carbocycles. The van der Waals surface area contributed by atoms with Gasteiger partial charge in [-0.15, -0.1) is 21.5 Å². The Hall–Kier alpha value is -4.16. The lowest BCUT2D eigenvalue weighted by molar-refractivity contribution is -0.142. The molecule has 1 N–H and O–H groups in total. The van der Waals surface area contributed by atoms with Crippen molar-refractivity contribution in [2.45, 2.75) is 38.1 Å². The Bertz CT molecular complexity index is 1410. The topological polar surface area (TPSA) is 111 Å². The molecule has 1 aliphatic heterocycles. The Morgan fingerprint density at radius 2 is 2.00 bits per heavy atom. The van der Waals surface area contributed by atoms with Crippen LogP contribution in [0.4, 0.5) is 4.39 Å². The molecule has 2 atom stereocenters. The molecular weight excluding hydrogens is 535 g/mol. The lowest BCUT2D eigenvalue weighted by Crippen LogP contribution is -2.46. The van der Waals surface area contributed by atoms with Crippen molar-refractivity contribution in [1.82, 2.24) is 30.4 Å². The molecule has 10 nitrogen and oxygen atoms in total. The van der Waals surface area contributed by atoms with E-state index in [9.17, 15) is 14.0 Å². The molecule has 40 heavy (non-hydrogen) atoms. The van der Waals surface area contributed by atoms with Crippen LogP contribution in [0, 0.1) is 5.82 Å². The van der Waals surface area contributed by atoms with Crippen molar-refractivity contribution in [3.63, 3.8) is 0 Å². The molecule has 12 heteroatoms. The number of thiophene rings is 1. The summed E-state index contributed by atoms with van der Waals surface area (Å²) in [7, 11) is 1.58. The van der Waals surface area contributed by atoms with E-state index in [4.69, 9.17) is 9.47 Å². The largest absolute Gasteiger partial charge is 0.497 e. The molecule has 3 heterocycles. The fourth-order valence-electron chi connectivity index (χ4n) is 4.51. The van der Waals surface area contributed by atoms with Gasteiger partial charge in [-0.2, -0.15) is 4.80 Å². The number of tetrazole rings is 1. The number of halogens is 1. The van der Waals surface area contributed by atoms with Crippen molar-refractivity contribution < 1.29 is 23.5 Å². The van der Waals surface area contributed by atoms with Gasteiger partial charge in [0.25, 0.3) is 0 Å². The minimum absolute atomic E-state index is 0.0741. The maximum absolute atomic E-state index is 13.8. The van der Waals surface area contributed by atoms with Gasteiger partial charge in [0.1, 0.15) is 24.2 Å². The molecule has 5 rings (SSSR count). The molecule has 2 aromatic heterocycles. The Balaban J connectivity index is 1.41. The second-order valence-electron chi connectivity index (χ2n) is 9.31. The summed E-state index contributed by atoms with van der Waals surface area (Å²) in [4.78, 5) is 31.0. The predicted molar refractivity (Wildman–Crippen MR) is 146 cm³/mol. The number of ether oxygens (including phenoxy) is 2. The quantitative estimate of drug-likeness (QED) is 0.296. The number of carbonyl (C=O) groups excluding carboxylic acids is 2. The normalized spacial score (nSPS) is 15.5. The van der Waals surface area contributed by atoms with Crippen LogP contribution in [0.15, 0.2) is 66.0 Å². The average Bonchev–Trinajstić information content (AvgIpc) is 3.76. The summed E-state index contributed by atoms with van der Waals surface area (Å²) in [5.41, 5.74) is 1.20. The van der Waals surface area contributed by atoms with Gasteiger partial charge in [0.15, 0.2) is 0 Å². The standard InChI is InChI=1S/C28H29FN6O4S/c1-38-22-12-8-20(9-13-22)27-31-33-35(32-27)18-25(36)34(17-24-5-3-15-40-24)26(19-6-10-21(29)11-7-19)28(37)30-16-23-4-2-14-39-23/h3,5-13,15,23,26H,2,4,14,16-18H2,1H3,(H,30,37)/t23-,26-/m1/s1. The number of rotatable bonds is 11. The molecule has 0 bridgehead atoms. The Labute approximate surface area is 234 Å². The molecular formula is C28H29FN6O4S. The number of nitrogens with one attached hydrogen (secondary N) is 1. The molecule has 0 spiro atoms. The highest BCUT2D eigenvalue weighted by Crippen LogP contribution is 2.26. The highest BCUT2D eigenvalue weighted by atomic mass is 32.1. The Morgan fingerprint density at radius 3 is 2.67 bits per heavy atom. The van der Waals surface area contributed by atoms with Crippen molar-refractivity contribution in [3.05, 3.63) is 82.3 Å². The van der Waals surface area contributed by atoms with E-state index in [1.807, 2.05) is 17.5 Å². The second-order valence-corrected chi connectivity index (χ2v) is 10.3. The fourth-order valence-corrected chi connectivity index (χ4v) is 5.21. The number of hydrogen-bond acceptors (Lipinski definition) is 8. The first kappa shape index (κ1) is 27.4. The summed E-state index contributed by atoms with van der Waals surface area (Å²) in [6.45, 7) is 0.916. The number of carbonyl (C=O) groups is 2. The molecule has 208 valence electrons. The van der Waals surface area contributed by atoms with Gasteiger partial charge in [0, 0.05) is 23.6 Å². The summed E-state index contributed by atoms with van der Waals surface area (Å²) in [5.74, 6) is -0.160. The Kier molecular flexibility index (Phi) is 8.77. The van der Waals surface area contributed by atoms with Crippen LogP contribution in [0.2, 0.25) is 0 Å². The zero-order valence-corrected chi connectivity index (χ0v) is 22.7. The van der Waals surface area contributed by atoms with E-state index in [2.05, 4.69) is 20.7 Å². The smallest absolute Gasteiger partial charge is 0.247 e. The first-order valence-corrected chi connectivity index (χ1v) is 13.8. The van der Waals surface area contributed by atoms with E-state index >= 15 is 0 Å². The third-order valence-electron chi connectivity index (χ3n) is 6.58. The van der Waals surface area contributed by atoms with Gasteiger partial charge < -0.3 is 19.7 Å². The van der Waals surface area contributed by atoms with Crippen LogP contribution in [-0.4, -0.2) is 63.3 Å². The minimum Gasteiger partial charge on any atom is -0.497 e. The number of aromatic nitrogens is 4. The van der Waals surface area contributed by atoms with Crippen LogP contribution in [0.25, 0.3) is 11.4 Å². The molecule has 0 unspecified atom stereocenters. The van der Waals surface area contributed by atoms with Crippen LogP contribution in [0.5, 0.6) is 5.75 Å². The molecule has 4 aromatic rings. The van der Waals surface area contributed by atoms with Crippen molar-refractivity contribution in [2.24, 2.45) is 0 Å². The zero-order chi connectivity index (χ0) is 27.9. The van der Waals surface area contributed by atoms with Crippen molar-refractivity contribution >= 4 is 23.2 Å². The number of methoxy groups -OCH3 is 1. The van der Waals surface area contributed by atoms with E-state index in [0.29, 0.717) is 35.9 Å². The second kappa shape index (κ2) is 12.8. The van der Waals surface area contributed by atoms with E-state index in [0.717, 1.165) is 17.7 Å². The highest BCUT2D eigenvalue weighted by Gasteiger charge is 2.33. The third kappa shape index (κ3) is 6.69. The SMILES string of the molecule is COc1ccc(-c2nnn(CC(=O)N(Cc3cccs3)[C@@H](C(=O)NC[C@H]3CCCO3)c3ccc(F)cc3)n2)cc1. The summed E-state index contributed by atoms with van der Waals surface area (Å²) in [6, 6.07) is 15.5. The highest BCUT2D eigenvalue weighted by molar-refractivity contribution is 7.09. The van der Waals surface area contributed by atoms with Gasteiger partial charge in [-0.1, -0.05) is 18.2 Å². The van der Waals surface area contributed by atoms with Crippen LogP contribution >= 0.6 is 11.3 Å². The maximum atomic E-state index is 13.8. The first-order chi connectivity index (χ1) is 19.5. The first-order valence-electron chi connectivity index (χ1n) is 12.9. The van der Waals surface area contributed by atoms with Gasteiger partial charge in [-0.25, -0.2) is 4.39 Å². The van der Waals surface area contributed by atoms with Crippen LogP contribution in [0.1, 0.15) is 29.3 Å². The van der Waals surface area contributed by atoms with Gasteiger partial charge in [0.2, 0.25) is 17.6 Å². The monoisotopic (exact) mass is 564 g/mol. The lowest BCUT2D eigenvalue weighted by Gasteiger charge is -2.31. The third-order valence-corrected chi connectivity index (χ3v) is 7.44. The molecule has 0 aliphatic carbocycles. The van der Waals surface area contributed by atoms with Gasteiger partial charge in [-0.05, 0) is 71.5 Å². The fraction of sp³-hybridized carbons (Fsp3) is 0.321. The van der Waals surface area contributed by atoms with E-state index in [1.54, 1.807) is 31.4 Å². The summed E-state index contributed by atoms with van der Waals surface area (Å²) in [6.07, 6.45) is 1.72. The summed E-state index contributed by atoms with van der Waals surface area (Å²) >= 11 is 1.47. The van der Waals surface area contributed by atoms with Crippen molar-refractivity contribution in [1.29, 1.82) is 0 Å². The van der Waals surface area contributed by atoms with E-state index < -0.39 is 17.8 Å². The van der Waals surface area contributed by atoms with Crippen LogP contribution in [-0.2, 0) is 27.4 Å². The number of nitrogens with zero attached hydrogens (tertiary/aromatic N) is 5. The molecule has 1 saturated heterocycles. The molecule has 1 aliphatic rings. The van der Waals surface area contributed by atoms with Gasteiger partial charge in [0.05, 0.1) is 19.8 Å². The molecule has 2 amide bonds. The lowest BCUT2D eigenvalue weighted by atomic mass is 10.0. The average molecular weight is 565 g/mol. The number of benzene rings is 2. The number of hydrogen-bond donors (Lipinski definition) is 1. The summed E-state index contributed by atoms with van der Waals surface area (Å²) in [5, 5.41) is 17.4. The molecule has 0 radical (unpaired) electrons. The zero-order valence-electron chi connectivity index (χ0n) is 21.9. The van der Waals surface area contributed by atoms with E-state index in [1.165, 1.54) is 45.3 Å². The summed E-state index contributed by atoms with van der Waals surface area (Å²) < 4.78 is 24.7. The van der Waals surface area contributed by atoms with Gasteiger partial charge >= 0.3 is 0 Å². The van der Waals surface area contributed by atoms with Crippen molar-refractivity contribution in [3.8, 4) is 17.1 Å². The van der Waals surface area contributed by atoms with Crippen LogP contribution in [0.3, 0.4) is 0 Å². The number of amides is 2. The Morgan fingerprint density at radius 1 is 1.20 bits per heavy atom. The molecule has 1 fully saturated rings. The molecule has 2 aromatic carbocycles. The van der Waals surface area contributed by atoms with Crippen molar-refractivity contribution in [2.75, 3.05) is 20.3 Å². The van der Waals surface area contributed by atoms with Crippen LogP contribution < -0.4 is 10.1 Å². The minimum atomic E-state index is -1.01.